The Bertz CT molecular complexity index is 481. The number of thioether (sulfide) groups is 1. The highest BCUT2D eigenvalue weighted by molar-refractivity contribution is 7.99. The van der Waals surface area contributed by atoms with Gasteiger partial charge >= 0.3 is 0 Å². The van der Waals surface area contributed by atoms with Crippen molar-refractivity contribution in [3.05, 3.63) is 39.9 Å². The van der Waals surface area contributed by atoms with Gasteiger partial charge < -0.3 is 4.90 Å². The van der Waals surface area contributed by atoms with Crippen molar-refractivity contribution >= 4 is 17.4 Å². The van der Waals surface area contributed by atoms with Crippen LogP contribution in [0.25, 0.3) is 0 Å². The Labute approximate surface area is 124 Å². The largest absolute Gasteiger partial charge is 0.304 e. The van der Waals surface area contributed by atoms with Crippen molar-refractivity contribution in [2.24, 2.45) is 0 Å². The van der Waals surface area contributed by atoms with Crippen LogP contribution in [0.4, 0.5) is 5.69 Å². The molecule has 0 bridgehead atoms. The van der Waals surface area contributed by atoms with E-state index in [0.29, 0.717) is 17.8 Å². The van der Waals surface area contributed by atoms with Crippen LogP contribution in [0.3, 0.4) is 0 Å². The smallest absolute Gasteiger partial charge is 0.273 e. The fourth-order valence-corrected chi connectivity index (χ4v) is 3.76. The van der Waals surface area contributed by atoms with Gasteiger partial charge in [-0.3, -0.25) is 15.0 Å². The van der Waals surface area contributed by atoms with Gasteiger partial charge in [0.25, 0.3) is 5.69 Å². The average molecular weight is 295 g/mol. The first-order chi connectivity index (χ1) is 9.52. The fourth-order valence-electron chi connectivity index (χ4n) is 2.75. The van der Waals surface area contributed by atoms with Crippen molar-refractivity contribution in [1.82, 2.24) is 9.80 Å². The maximum absolute atomic E-state index is 11.1. The molecule has 1 aromatic rings. The van der Waals surface area contributed by atoms with Crippen LogP contribution in [0.5, 0.6) is 0 Å². The molecule has 0 aromatic heterocycles. The summed E-state index contributed by atoms with van der Waals surface area (Å²) < 4.78 is 0. The molecule has 0 amide bonds. The van der Waals surface area contributed by atoms with Gasteiger partial charge in [-0.15, -0.1) is 0 Å². The predicted octanol–water partition coefficient (Wildman–Crippen LogP) is 2.07. The number of nitro groups is 1. The van der Waals surface area contributed by atoms with E-state index in [2.05, 4.69) is 30.2 Å². The van der Waals surface area contributed by atoms with Crippen LogP contribution in [-0.4, -0.2) is 59.5 Å². The first-order valence-corrected chi connectivity index (χ1v) is 7.95. The van der Waals surface area contributed by atoms with Gasteiger partial charge in [-0.05, 0) is 20.4 Å². The van der Waals surface area contributed by atoms with Crippen LogP contribution in [0.1, 0.15) is 5.56 Å². The van der Waals surface area contributed by atoms with E-state index in [-0.39, 0.29) is 10.6 Å². The summed E-state index contributed by atoms with van der Waals surface area (Å²) in [4.78, 5) is 15.3. The summed E-state index contributed by atoms with van der Waals surface area (Å²) in [6, 6.07) is 7.54. The van der Waals surface area contributed by atoms with Crippen molar-refractivity contribution in [1.29, 1.82) is 0 Å². The molecular weight excluding hydrogens is 274 g/mol. The van der Waals surface area contributed by atoms with Crippen LogP contribution in [0, 0.1) is 10.1 Å². The third-order valence-electron chi connectivity index (χ3n) is 3.86. The monoisotopic (exact) mass is 295 g/mol. The lowest BCUT2D eigenvalue weighted by molar-refractivity contribution is -0.385. The molecule has 1 aliphatic rings. The standard InChI is InChI=1S/C14H21N3O2S/c1-15(2)13-9-16(10-14(13)20-3)8-11-6-4-5-7-12(11)17(18)19/h4-7,13-14H,8-10H2,1-3H3/t13-,14+/m1/s1. The summed E-state index contributed by atoms with van der Waals surface area (Å²) in [5, 5.41) is 11.6. The van der Waals surface area contributed by atoms with E-state index < -0.39 is 0 Å². The van der Waals surface area contributed by atoms with Crippen molar-refractivity contribution in [2.45, 2.75) is 17.8 Å². The molecule has 1 fully saturated rings. The Morgan fingerprint density at radius 1 is 1.40 bits per heavy atom. The van der Waals surface area contributed by atoms with Gasteiger partial charge in [0.15, 0.2) is 0 Å². The minimum Gasteiger partial charge on any atom is -0.304 e. The predicted molar refractivity (Wildman–Crippen MR) is 83.2 cm³/mol. The number of likely N-dealkylation sites (N-methyl/N-ethyl adjacent to an activating group) is 1. The second-order valence-corrected chi connectivity index (χ2v) is 6.46. The molecule has 1 aromatic carbocycles. The average Bonchev–Trinajstić information content (AvgIpc) is 2.82. The highest BCUT2D eigenvalue weighted by Crippen LogP contribution is 2.27. The Hall–Kier alpha value is -1.11. The van der Waals surface area contributed by atoms with E-state index in [1.165, 1.54) is 0 Å². The SMILES string of the molecule is CS[C@H]1CN(Cc2ccccc2[N+](=O)[O-])C[C@H]1N(C)C. The molecule has 110 valence electrons. The van der Waals surface area contributed by atoms with E-state index in [1.54, 1.807) is 12.1 Å². The van der Waals surface area contributed by atoms with Crippen LogP contribution >= 0.6 is 11.8 Å². The molecule has 1 heterocycles. The number of hydrogen-bond acceptors (Lipinski definition) is 5. The maximum atomic E-state index is 11.1. The third kappa shape index (κ3) is 3.31. The Morgan fingerprint density at radius 3 is 2.65 bits per heavy atom. The van der Waals surface area contributed by atoms with Gasteiger partial charge in [-0.2, -0.15) is 11.8 Å². The Morgan fingerprint density at radius 2 is 2.10 bits per heavy atom. The van der Waals surface area contributed by atoms with Crippen molar-refractivity contribution in [3.63, 3.8) is 0 Å². The summed E-state index contributed by atoms with van der Waals surface area (Å²) >= 11 is 1.88. The minimum absolute atomic E-state index is 0.224. The van der Waals surface area contributed by atoms with E-state index in [1.807, 2.05) is 23.9 Å². The van der Waals surface area contributed by atoms with Crippen molar-refractivity contribution < 1.29 is 4.92 Å². The topological polar surface area (TPSA) is 49.6 Å². The zero-order valence-corrected chi connectivity index (χ0v) is 13.0. The van der Waals surface area contributed by atoms with Gasteiger partial charge in [-0.25, -0.2) is 0 Å². The van der Waals surface area contributed by atoms with E-state index >= 15 is 0 Å². The van der Waals surface area contributed by atoms with Gasteiger partial charge in [0.2, 0.25) is 0 Å². The van der Waals surface area contributed by atoms with Crippen molar-refractivity contribution in [2.75, 3.05) is 33.4 Å². The Kier molecular flexibility index (Phi) is 5.01. The minimum atomic E-state index is -0.291. The molecule has 1 aliphatic heterocycles. The van der Waals surface area contributed by atoms with Gasteiger partial charge in [0.1, 0.15) is 0 Å². The van der Waals surface area contributed by atoms with Crippen LogP contribution in [-0.2, 0) is 6.54 Å². The van der Waals surface area contributed by atoms with Crippen molar-refractivity contribution in [3.8, 4) is 0 Å². The number of rotatable bonds is 5. The lowest BCUT2D eigenvalue weighted by Crippen LogP contribution is -2.36. The molecule has 2 atom stereocenters. The van der Waals surface area contributed by atoms with E-state index in [4.69, 9.17) is 0 Å². The molecule has 0 aliphatic carbocycles. The second kappa shape index (κ2) is 6.56. The molecule has 6 heteroatoms. The number of hydrogen-bond donors (Lipinski definition) is 0. The molecule has 0 saturated carbocycles. The summed E-state index contributed by atoms with van der Waals surface area (Å²) in [7, 11) is 4.20. The summed E-state index contributed by atoms with van der Waals surface area (Å²) in [6.07, 6.45) is 2.13. The van der Waals surface area contributed by atoms with Crippen LogP contribution in [0.2, 0.25) is 0 Å². The molecule has 0 spiro atoms. The second-order valence-electron chi connectivity index (χ2n) is 5.39. The number of likely N-dealkylation sites (tertiary alicyclic amines) is 1. The molecule has 1 saturated heterocycles. The molecular formula is C14H21N3O2S. The lowest BCUT2D eigenvalue weighted by atomic mass is 10.1. The maximum Gasteiger partial charge on any atom is 0.273 e. The number of para-hydroxylation sites is 1. The molecule has 0 N–H and O–H groups in total. The molecule has 0 unspecified atom stereocenters. The molecule has 0 radical (unpaired) electrons. The molecule has 20 heavy (non-hydrogen) atoms. The van der Waals surface area contributed by atoms with E-state index in [0.717, 1.165) is 18.7 Å². The van der Waals surface area contributed by atoms with Crippen LogP contribution < -0.4 is 0 Å². The normalized spacial score (nSPS) is 23.4. The Balaban J connectivity index is 2.10. The first-order valence-electron chi connectivity index (χ1n) is 6.66. The number of benzene rings is 1. The quantitative estimate of drug-likeness (QED) is 0.615. The summed E-state index contributed by atoms with van der Waals surface area (Å²) in [5.74, 6) is 0. The van der Waals surface area contributed by atoms with Gasteiger partial charge in [0, 0.05) is 42.6 Å². The van der Waals surface area contributed by atoms with Crippen LogP contribution in [0.15, 0.2) is 24.3 Å². The highest BCUT2D eigenvalue weighted by Gasteiger charge is 2.34. The summed E-state index contributed by atoms with van der Waals surface area (Å²) in [5.41, 5.74) is 1.03. The zero-order chi connectivity index (χ0) is 14.7. The van der Waals surface area contributed by atoms with E-state index in [9.17, 15) is 10.1 Å². The summed E-state index contributed by atoms with van der Waals surface area (Å²) in [6.45, 7) is 2.60. The fraction of sp³-hybridized carbons (Fsp3) is 0.571. The molecule has 2 rings (SSSR count). The third-order valence-corrected chi connectivity index (χ3v) is 4.93. The highest BCUT2D eigenvalue weighted by atomic mass is 32.2. The molecule has 5 nitrogen and oxygen atoms in total. The van der Waals surface area contributed by atoms with Gasteiger partial charge in [0.05, 0.1) is 4.92 Å². The number of nitrogens with zero attached hydrogens (tertiary/aromatic N) is 3. The first kappa shape index (κ1) is 15.3. The van der Waals surface area contributed by atoms with Gasteiger partial charge in [-0.1, -0.05) is 18.2 Å². The zero-order valence-electron chi connectivity index (χ0n) is 12.2. The lowest BCUT2D eigenvalue weighted by Gasteiger charge is -2.23. The number of nitro benzene ring substituents is 1.